The first kappa shape index (κ1) is 13.9. The zero-order chi connectivity index (χ0) is 14.9. The number of hydrogen-bond acceptors (Lipinski definition) is 5. The van der Waals surface area contributed by atoms with Gasteiger partial charge in [-0.1, -0.05) is 0 Å². The van der Waals surface area contributed by atoms with Crippen molar-refractivity contribution in [1.82, 2.24) is 4.90 Å². The lowest BCUT2D eigenvalue weighted by atomic mass is 10.4. The molecule has 2 aromatic heterocycles. The fourth-order valence-electron chi connectivity index (χ4n) is 2.47. The maximum atomic E-state index is 12.3. The van der Waals surface area contributed by atoms with Crippen molar-refractivity contribution in [2.24, 2.45) is 0 Å². The van der Waals surface area contributed by atoms with Crippen molar-refractivity contribution in [3.05, 3.63) is 48.3 Å². The van der Waals surface area contributed by atoms with Crippen LogP contribution in [0.5, 0.6) is 0 Å². The second-order valence-electron chi connectivity index (χ2n) is 5.03. The summed E-state index contributed by atoms with van der Waals surface area (Å²) in [5.41, 5.74) is 0. The molecule has 0 spiro atoms. The molecule has 1 amide bonds. The third kappa shape index (κ3) is 2.87. The molecule has 112 valence electrons. The normalized spacial score (nSPS) is 19.0. The van der Waals surface area contributed by atoms with Gasteiger partial charge in [-0.2, -0.15) is 0 Å². The molecule has 1 atom stereocenters. The molecule has 0 unspecified atom stereocenters. The molecule has 21 heavy (non-hydrogen) atoms. The Bertz CT molecular complexity index is 703. The molecule has 7 heteroatoms. The van der Waals surface area contributed by atoms with E-state index in [2.05, 4.69) is 0 Å². The quantitative estimate of drug-likeness (QED) is 0.858. The van der Waals surface area contributed by atoms with Crippen molar-refractivity contribution < 1.29 is 22.0 Å². The van der Waals surface area contributed by atoms with Crippen molar-refractivity contribution in [3.63, 3.8) is 0 Å². The summed E-state index contributed by atoms with van der Waals surface area (Å²) in [6, 6.07) is 6.51. The molecular formula is C14H15NO5S. The lowest BCUT2D eigenvalue weighted by molar-refractivity contribution is 0.0761. The Morgan fingerprint density at radius 2 is 2.00 bits per heavy atom. The van der Waals surface area contributed by atoms with Crippen LogP contribution in [0.25, 0.3) is 0 Å². The summed E-state index contributed by atoms with van der Waals surface area (Å²) in [5.74, 6) is 0.258. The van der Waals surface area contributed by atoms with Gasteiger partial charge in [0.2, 0.25) is 0 Å². The van der Waals surface area contributed by atoms with Crippen molar-refractivity contribution >= 4 is 15.7 Å². The van der Waals surface area contributed by atoms with Crippen LogP contribution in [0.4, 0.5) is 0 Å². The summed E-state index contributed by atoms with van der Waals surface area (Å²) in [6.07, 6.45) is 3.32. The van der Waals surface area contributed by atoms with Crippen molar-refractivity contribution in [2.75, 3.05) is 13.1 Å². The van der Waals surface area contributed by atoms with Crippen molar-refractivity contribution in [1.29, 1.82) is 0 Å². The van der Waals surface area contributed by atoms with E-state index < -0.39 is 15.1 Å². The van der Waals surface area contributed by atoms with E-state index in [4.69, 9.17) is 8.83 Å². The molecular weight excluding hydrogens is 294 g/mol. The maximum Gasteiger partial charge on any atom is 0.289 e. The monoisotopic (exact) mass is 309 g/mol. The van der Waals surface area contributed by atoms with Crippen molar-refractivity contribution in [3.8, 4) is 0 Å². The van der Waals surface area contributed by atoms with Crippen LogP contribution in [0.3, 0.4) is 0 Å². The molecule has 3 rings (SSSR count). The number of carbonyl (C=O) groups excluding carboxylic acids is 1. The maximum absolute atomic E-state index is 12.3. The molecule has 6 nitrogen and oxygen atoms in total. The number of amides is 1. The Balaban J connectivity index is 1.68. The average Bonchev–Trinajstić information content (AvgIpc) is 3.19. The second-order valence-corrected chi connectivity index (χ2v) is 7.31. The largest absolute Gasteiger partial charge is 0.468 e. The van der Waals surface area contributed by atoms with Gasteiger partial charge in [0.1, 0.15) is 11.5 Å². The molecule has 0 N–H and O–H groups in total. The van der Waals surface area contributed by atoms with Gasteiger partial charge in [0.15, 0.2) is 15.6 Å². The first-order chi connectivity index (χ1) is 10.1. The molecule has 1 saturated heterocycles. The van der Waals surface area contributed by atoms with Gasteiger partial charge < -0.3 is 13.7 Å². The van der Waals surface area contributed by atoms with Gasteiger partial charge in [0, 0.05) is 13.1 Å². The number of rotatable bonds is 4. The molecule has 0 bridgehead atoms. The zero-order valence-electron chi connectivity index (χ0n) is 11.3. The highest BCUT2D eigenvalue weighted by Gasteiger charge is 2.36. The van der Waals surface area contributed by atoms with E-state index in [-0.39, 0.29) is 24.0 Å². The van der Waals surface area contributed by atoms with Crippen LogP contribution in [0.2, 0.25) is 0 Å². The number of sulfone groups is 1. The lowest BCUT2D eigenvalue weighted by Crippen LogP contribution is -2.32. The second kappa shape index (κ2) is 5.40. The predicted octanol–water partition coefficient (Wildman–Crippen LogP) is 1.70. The number of hydrogen-bond donors (Lipinski definition) is 0. The average molecular weight is 309 g/mol. The molecule has 0 saturated carbocycles. The number of furan rings is 2. The Morgan fingerprint density at radius 1 is 1.24 bits per heavy atom. The van der Waals surface area contributed by atoms with Gasteiger partial charge >= 0.3 is 0 Å². The number of nitrogens with zero attached hydrogens (tertiary/aromatic N) is 1. The van der Waals surface area contributed by atoms with E-state index in [1.54, 1.807) is 24.3 Å². The fraction of sp³-hybridized carbons (Fsp3) is 0.357. The van der Waals surface area contributed by atoms with Crippen LogP contribution in [-0.4, -0.2) is 37.6 Å². The number of likely N-dealkylation sites (tertiary alicyclic amines) is 1. The Kier molecular flexibility index (Phi) is 3.59. The molecule has 1 aliphatic rings. The number of carbonyl (C=O) groups is 1. The zero-order valence-corrected chi connectivity index (χ0v) is 12.1. The van der Waals surface area contributed by atoms with Crippen molar-refractivity contribution in [2.45, 2.75) is 17.4 Å². The van der Waals surface area contributed by atoms with Crippen LogP contribution >= 0.6 is 0 Å². The van der Waals surface area contributed by atoms with Gasteiger partial charge in [0.05, 0.1) is 17.8 Å². The highest BCUT2D eigenvalue weighted by Crippen LogP contribution is 2.22. The van der Waals surface area contributed by atoms with Gasteiger partial charge in [-0.25, -0.2) is 8.42 Å². The summed E-state index contributed by atoms with van der Waals surface area (Å²) in [4.78, 5) is 13.6. The summed E-state index contributed by atoms with van der Waals surface area (Å²) in [5, 5.41) is -0.554. The van der Waals surface area contributed by atoms with E-state index in [0.717, 1.165) is 0 Å². The first-order valence-corrected chi connectivity index (χ1v) is 8.34. The predicted molar refractivity (Wildman–Crippen MR) is 74.3 cm³/mol. The summed E-state index contributed by atoms with van der Waals surface area (Å²) in [6.45, 7) is 0.615. The molecule has 1 fully saturated rings. The van der Waals surface area contributed by atoms with Crippen LogP contribution in [0.1, 0.15) is 22.7 Å². The van der Waals surface area contributed by atoms with E-state index in [1.165, 1.54) is 17.4 Å². The van der Waals surface area contributed by atoms with E-state index in [0.29, 0.717) is 18.7 Å². The van der Waals surface area contributed by atoms with Crippen LogP contribution < -0.4 is 0 Å². The minimum atomic E-state index is -3.34. The molecule has 0 aliphatic carbocycles. The topological polar surface area (TPSA) is 80.7 Å². The first-order valence-electron chi connectivity index (χ1n) is 6.63. The van der Waals surface area contributed by atoms with E-state index in [1.807, 2.05) is 0 Å². The van der Waals surface area contributed by atoms with Gasteiger partial charge in [-0.05, 0) is 30.7 Å². The molecule has 0 aromatic carbocycles. The smallest absolute Gasteiger partial charge is 0.289 e. The minimum Gasteiger partial charge on any atom is -0.468 e. The highest BCUT2D eigenvalue weighted by atomic mass is 32.2. The minimum absolute atomic E-state index is 0.131. The fourth-order valence-corrected chi connectivity index (χ4v) is 4.14. The van der Waals surface area contributed by atoms with Crippen LogP contribution in [-0.2, 0) is 15.6 Å². The Labute approximate surface area is 122 Å². The lowest BCUT2D eigenvalue weighted by Gasteiger charge is -2.15. The molecule has 0 radical (unpaired) electrons. The summed E-state index contributed by atoms with van der Waals surface area (Å²) < 4.78 is 34.8. The third-order valence-corrected chi connectivity index (χ3v) is 5.68. The van der Waals surface area contributed by atoms with Crippen LogP contribution in [0, 0.1) is 0 Å². The standard InChI is InChI=1S/C14H15NO5S/c16-14(13-4-2-8-20-13)15-6-5-12(9-15)21(17,18)10-11-3-1-7-19-11/h1-4,7-8,12H,5-6,9-10H2/t12-/m1/s1. The Hall–Kier alpha value is -2.02. The third-order valence-electron chi connectivity index (χ3n) is 3.60. The molecule has 2 aromatic rings. The van der Waals surface area contributed by atoms with Gasteiger partial charge in [-0.3, -0.25) is 4.79 Å². The summed E-state index contributed by atoms with van der Waals surface area (Å²) >= 11 is 0. The Morgan fingerprint density at radius 3 is 2.67 bits per heavy atom. The SMILES string of the molecule is O=C(c1ccco1)N1CC[C@@H](S(=O)(=O)Cc2ccco2)C1. The van der Waals surface area contributed by atoms with Gasteiger partial charge in [-0.15, -0.1) is 0 Å². The molecule has 1 aliphatic heterocycles. The van der Waals surface area contributed by atoms with E-state index in [9.17, 15) is 13.2 Å². The molecule has 3 heterocycles. The van der Waals surface area contributed by atoms with Crippen LogP contribution in [0.15, 0.2) is 45.6 Å². The van der Waals surface area contributed by atoms with E-state index >= 15 is 0 Å². The van der Waals surface area contributed by atoms with Gasteiger partial charge in [0.25, 0.3) is 5.91 Å². The highest BCUT2D eigenvalue weighted by molar-refractivity contribution is 7.91. The summed E-state index contributed by atoms with van der Waals surface area (Å²) in [7, 11) is -3.34.